The van der Waals surface area contributed by atoms with Crippen LogP contribution < -0.4 is 5.73 Å². The molecule has 3 heteroatoms. The van der Waals surface area contributed by atoms with Crippen LogP contribution in [-0.4, -0.2) is 9.97 Å². The zero-order valence-electron chi connectivity index (χ0n) is 9.17. The van der Waals surface area contributed by atoms with Crippen LogP contribution in [0.25, 0.3) is 22.0 Å². The normalized spacial score (nSPS) is 10.6. The molecule has 0 radical (unpaired) electrons. The van der Waals surface area contributed by atoms with Crippen LogP contribution in [0, 0.1) is 0 Å². The van der Waals surface area contributed by atoms with E-state index >= 15 is 0 Å². The van der Waals surface area contributed by atoms with Crippen LogP contribution in [0.4, 0.5) is 5.82 Å². The second-order valence-electron chi connectivity index (χ2n) is 3.85. The third kappa shape index (κ3) is 1.72. The summed E-state index contributed by atoms with van der Waals surface area (Å²) in [4.78, 5) is 8.44. The Kier molecular flexibility index (Phi) is 2.22. The Morgan fingerprint density at radius 3 is 2.53 bits per heavy atom. The monoisotopic (exact) mass is 221 g/mol. The first-order chi connectivity index (χ1) is 8.34. The zero-order chi connectivity index (χ0) is 11.7. The van der Waals surface area contributed by atoms with Gasteiger partial charge in [0, 0.05) is 23.3 Å². The summed E-state index contributed by atoms with van der Waals surface area (Å²) in [6, 6.07) is 13.9. The fraction of sp³-hybridized carbons (Fsp3) is 0. The fourth-order valence-corrected chi connectivity index (χ4v) is 1.95. The second kappa shape index (κ2) is 3.87. The first-order valence-electron chi connectivity index (χ1n) is 5.40. The highest BCUT2D eigenvalue weighted by Gasteiger charge is 2.06. The number of rotatable bonds is 1. The highest BCUT2D eigenvalue weighted by atomic mass is 14.8. The van der Waals surface area contributed by atoms with Crippen molar-refractivity contribution in [1.29, 1.82) is 0 Å². The molecule has 0 spiro atoms. The second-order valence-corrected chi connectivity index (χ2v) is 3.85. The lowest BCUT2D eigenvalue weighted by molar-refractivity contribution is 1.30. The third-order valence-electron chi connectivity index (χ3n) is 2.71. The molecule has 0 atom stereocenters. The molecule has 0 aliphatic rings. The topological polar surface area (TPSA) is 51.8 Å². The number of hydrogen-bond donors (Lipinski definition) is 1. The minimum Gasteiger partial charge on any atom is -0.384 e. The van der Waals surface area contributed by atoms with E-state index in [0.717, 1.165) is 22.0 Å². The van der Waals surface area contributed by atoms with Gasteiger partial charge in [-0.1, -0.05) is 24.3 Å². The number of hydrogen-bond acceptors (Lipinski definition) is 3. The summed E-state index contributed by atoms with van der Waals surface area (Å²) in [5.41, 5.74) is 7.77. The van der Waals surface area contributed by atoms with Crippen molar-refractivity contribution < 1.29 is 0 Å². The van der Waals surface area contributed by atoms with Crippen LogP contribution in [0.15, 0.2) is 54.9 Å². The van der Waals surface area contributed by atoms with Gasteiger partial charge in [-0.05, 0) is 23.6 Å². The molecule has 3 rings (SSSR count). The van der Waals surface area contributed by atoms with Gasteiger partial charge in [0.1, 0.15) is 5.82 Å². The number of aromatic nitrogens is 2. The van der Waals surface area contributed by atoms with Gasteiger partial charge < -0.3 is 5.73 Å². The summed E-state index contributed by atoms with van der Waals surface area (Å²) in [5, 5.41) is 2.21. The lowest BCUT2D eigenvalue weighted by Gasteiger charge is -2.06. The zero-order valence-corrected chi connectivity index (χ0v) is 9.17. The molecule has 0 aliphatic heterocycles. The van der Waals surface area contributed by atoms with Gasteiger partial charge in [0.15, 0.2) is 0 Å². The van der Waals surface area contributed by atoms with Crippen molar-refractivity contribution in [3.8, 4) is 11.3 Å². The smallest absolute Gasteiger partial charge is 0.124 e. The first kappa shape index (κ1) is 9.78. The maximum atomic E-state index is 5.84. The molecule has 2 heterocycles. The van der Waals surface area contributed by atoms with Crippen molar-refractivity contribution in [3.05, 3.63) is 54.9 Å². The van der Waals surface area contributed by atoms with Crippen molar-refractivity contribution in [2.75, 3.05) is 5.73 Å². The van der Waals surface area contributed by atoms with E-state index in [1.165, 1.54) is 0 Å². The van der Waals surface area contributed by atoms with E-state index in [4.69, 9.17) is 5.73 Å². The predicted octanol–water partition coefficient (Wildman–Crippen LogP) is 2.88. The van der Waals surface area contributed by atoms with Crippen molar-refractivity contribution >= 4 is 16.6 Å². The SMILES string of the molecule is Nc1cc2ccccc2c(-c2ccncc2)n1. The molecule has 0 amide bonds. The van der Waals surface area contributed by atoms with E-state index in [9.17, 15) is 0 Å². The molecule has 0 saturated heterocycles. The molecule has 2 N–H and O–H groups in total. The largest absolute Gasteiger partial charge is 0.384 e. The molecule has 3 nitrogen and oxygen atoms in total. The van der Waals surface area contributed by atoms with E-state index in [0.29, 0.717) is 5.82 Å². The number of benzene rings is 1. The highest BCUT2D eigenvalue weighted by Crippen LogP contribution is 2.27. The number of nitrogen functional groups attached to an aromatic ring is 1. The Bertz CT molecular complexity index is 663. The minimum atomic E-state index is 0.538. The van der Waals surface area contributed by atoms with Gasteiger partial charge >= 0.3 is 0 Å². The molecular formula is C14H11N3. The molecule has 0 fully saturated rings. The Labute approximate surface area is 98.9 Å². The third-order valence-corrected chi connectivity index (χ3v) is 2.71. The summed E-state index contributed by atoms with van der Waals surface area (Å²) < 4.78 is 0. The van der Waals surface area contributed by atoms with Crippen LogP contribution in [0.5, 0.6) is 0 Å². The van der Waals surface area contributed by atoms with Crippen LogP contribution in [-0.2, 0) is 0 Å². The lowest BCUT2D eigenvalue weighted by Crippen LogP contribution is -1.93. The van der Waals surface area contributed by atoms with Crippen molar-refractivity contribution in [2.45, 2.75) is 0 Å². The quantitative estimate of drug-likeness (QED) is 0.687. The summed E-state index contributed by atoms with van der Waals surface area (Å²) in [5.74, 6) is 0.538. The fourth-order valence-electron chi connectivity index (χ4n) is 1.95. The number of fused-ring (bicyclic) bond motifs is 1. The van der Waals surface area contributed by atoms with Crippen LogP contribution >= 0.6 is 0 Å². The molecule has 82 valence electrons. The Morgan fingerprint density at radius 1 is 0.941 bits per heavy atom. The molecule has 1 aromatic carbocycles. The van der Waals surface area contributed by atoms with Gasteiger partial charge in [-0.2, -0.15) is 0 Å². The summed E-state index contributed by atoms with van der Waals surface area (Å²) in [6.45, 7) is 0. The molecule has 2 aromatic heterocycles. The van der Waals surface area contributed by atoms with Crippen LogP contribution in [0.2, 0.25) is 0 Å². The average Bonchev–Trinajstić information content (AvgIpc) is 2.39. The minimum absolute atomic E-state index is 0.538. The van der Waals surface area contributed by atoms with E-state index < -0.39 is 0 Å². The molecule has 3 aromatic rings. The summed E-state index contributed by atoms with van der Waals surface area (Å²) in [6.07, 6.45) is 3.52. The molecule has 0 aliphatic carbocycles. The van der Waals surface area contributed by atoms with E-state index in [-0.39, 0.29) is 0 Å². The van der Waals surface area contributed by atoms with E-state index in [1.807, 2.05) is 36.4 Å². The van der Waals surface area contributed by atoms with Crippen molar-refractivity contribution in [1.82, 2.24) is 9.97 Å². The summed E-state index contributed by atoms with van der Waals surface area (Å²) >= 11 is 0. The van der Waals surface area contributed by atoms with Gasteiger partial charge in [0.2, 0.25) is 0 Å². The van der Waals surface area contributed by atoms with Gasteiger partial charge in [-0.15, -0.1) is 0 Å². The predicted molar refractivity (Wildman–Crippen MR) is 69.4 cm³/mol. The van der Waals surface area contributed by atoms with Gasteiger partial charge in [-0.25, -0.2) is 4.98 Å². The Morgan fingerprint density at radius 2 is 1.71 bits per heavy atom. The first-order valence-corrected chi connectivity index (χ1v) is 5.40. The number of anilines is 1. The summed E-state index contributed by atoms with van der Waals surface area (Å²) in [7, 11) is 0. The molecular weight excluding hydrogens is 210 g/mol. The number of pyridine rings is 2. The lowest BCUT2D eigenvalue weighted by atomic mass is 10.0. The number of nitrogens with two attached hydrogens (primary N) is 1. The maximum Gasteiger partial charge on any atom is 0.124 e. The Balaban J connectivity index is 2.36. The van der Waals surface area contributed by atoms with E-state index in [2.05, 4.69) is 16.0 Å². The Hall–Kier alpha value is -2.42. The average molecular weight is 221 g/mol. The molecule has 0 bridgehead atoms. The standard InChI is InChI=1S/C14H11N3/c15-13-9-11-3-1-2-4-12(11)14(17-13)10-5-7-16-8-6-10/h1-9H,(H2,15,17). The van der Waals surface area contributed by atoms with Crippen molar-refractivity contribution in [3.63, 3.8) is 0 Å². The van der Waals surface area contributed by atoms with Crippen LogP contribution in [0.1, 0.15) is 0 Å². The van der Waals surface area contributed by atoms with E-state index in [1.54, 1.807) is 12.4 Å². The number of nitrogens with zero attached hydrogens (tertiary/aromatic N) is 2. The maximum absolute atomic E-state index is 5.84. The highest BCUT2D eigenvalue weighted by molar-refractivity contribution is 5.95. The van der Waals surface area contributed by atoms with Gasteiger partial charge in [0.05, 0.1) is 5.69 Å². The molecule has 0 saturated carbocycles. The van der Waals surface area contributed by atoms with Gasteiger partial charge in [-0.3, -0.25) is 4.98 Å². The molecule has 17 heavy (non-hydrogen) atoms. The van der Waals surface area contributed by atoms with Gasteiger partial charge in [0.25, 0.3) is 0 Å². The van der Waals surface area contributed by atoms with Crippen molar-refractivity contribution in [2.24, 2.45) is 0 Å². The van der Waals surface area contributed by atoms with Crippen LogP contribution in [0.3, 0.4) is 0 Å². The molecule has 0 unspecified atom stereocenters.